The fourth-order valence-corrected chi connectivity index (χ4v) is 2.54. The molecule has 0 aliphatic carbocycles. The maximum Gasteiger partial charge on any atom is 0.438 e. The Morgan fingerprint density at radius 2 is 1.70 bits per heavy atom. The zero-order valence-electron chi connectivity index (χ0n) is 16.1. The first-order valence-corrected chi connectivity index (χ1v) is 9.30. The van der Waals surface area contributed by atoms with Crippen LogP contribution in [0.3, 0.4) is 0 Å². The van der Waals surface area contributed by atoms with Gasteiger partial charge in [0.2, 0.25) is 5.91 Å². The number of rotatable bonds is 3. The molecule has 1 saturated heterocycles. The summed E-state index contributed by atoms with van der Waals surface area (Å²) in [5, 5.41) is 18.6. The van der Waals surface area contributed by atoms with Gasteiger partial charge in [0.1, 0.15) is 0 Å². The Morgan fingerprint density at radius 1 is 1.04 bits per heavy atom. The third-order valence-electron chi connectivity index (χ3n) is 3.21. The second-order valence-electron chi connectivity index (χ2n) is 6.62. The molecule has 0 spiro atoms. The van der Waals surface area contributed by atoms with Crippen LogP contribution in [-0.4, -0.2) is 47.2 Å². The van der Waals surface area contributed by atoms with E-state index < -0.39 is 5.76 Å². The largest absolute Gasteiger partial charge is 0.438 e. The second kappa shape index (κ2) is 10.6. The van der Waals surface area contributed by atoms with E-state index in [-0.39, 0.29) is 28.2 Å². The van der Waals surface area contributed by atoms with Crippen LogP contribution in [-0.2, 0) is 4.79 Å². The number of hydrogen-bond donors (Lipinski definition) is 3. The number of nitrogens with one attached hydrogen (secondary N) is 3. The van der Waals surface area contributed by atoms with E-state index in [1.54, 1.807) is 0 Å². The van der Waals surface area contributed by atoms with E-state index in [0.717, 1.165) is 17.6 Å². The molecule has 0 radical (unpaired) electrons. The molecule has 3 rings (SSSR count). The molecule has 3 N–H and O–H groups in total. The summed E-state index contributed by atoms with van der Waals surface area (Å²) < 4.78 is 4.26. The van der Waals surface area contributed by atoms with Crippen molar-refractivity contribution in [3.63, 3.8) is 0 Å². The Bertz CT molecular complexity index is 767. The van der Waals surface area contributed by atoms with E-state index in [9.17, 15) is 14.4 Å². The van der Waals surface area contributed by atoms with Crippen LogP contribution in [0.2, 0.25) is 0 Å². The average molecular weight is 399 g/mol. The SMILES string of the molecule is CC(C)C1SC(=O)NC1=O.CC(C)c1nn[nH]n1.CC(C)c1noc(=O)[nH]1. The van der Waals surface area contributed by atoms with Gasteiger partial charge in [-0.25, -0.2) is 4.79 Å². The second-order valence-corrected chi connectivity index (χ2v) is 7.73. The minimum absolute atomic E-state index is 0.148. The molecule has 1 atom stereocenters. The number of tetrazole rings is 1. The lowest BCUT2D eigenvalue weighted by Crippen LogP contribution is -2.27. The van der Waals surface area contributed by atoms with E-state index in [1.807, 2.05) is 41.5 Å². The molecule has 0 saturated carbocycles. The van der Waals surface area contributed by atoms with Crippen molar-refractivity contribution >= 4 is 22.9 Å². The van der Waals surface area contributed by atoms with Crippen molar-refractivity contribution in [2.45, 2.75) is 58.6 Å². The van der Waals surface area contributed by atoms with Crippen LogP contribution in [0.5, 0.6) is 0 Å². The van der Waals surface area contributed by atoms with Crippen molar-refractivity contribution in [2.75, 3.05) is 0 Å². The number of aromatic nitrogens is 6. The van der Waals surface area contributed by atoms with Crippen LogP contribution in [0.25, 0.3) is 0 Å². The summed E-state index contributed by atoms with van der Waals surface area (Å²) >= 11 is 1.08. The molecule has 1 aliphatic rings. The average Bonchev–Trinajstić information content (AvgIpc) is 3.29. The van der Waals surface area contributed by atoms with Gasteiger partial charge in [-0.3, -0.25) is 24.4 Å². The van der Waals surface area contributed by atoms with E-state index >= 15 is 0 Å². The van der Waals surface area contributed by atoms with Crippen LogP contribution in [0.1, 0.15) is 65.0 Å². The number of carbonyl (C=O) groups is 2. The van der Waals surface area contributed by atoms with Crippen molar-refractivity contribution < 1.29 is 14.1 Å². The van der Waals surface area contributed by atoms with Crippen molar-refractivity contribution in [3.8, 4) is 0 Å². The van der Waals surface area contributed by atoms with Crippen LogP contribution in [0.4, 0.5) is 4.79 Å². The van der Waals surface area contributed by atoms with Gasteiger partial charge in [-0.1, -0.05) is 63.7 Å². The molecule has 2 aromatic heterocycles. The summed E-state index contributed by atoms with van der Waals surface area (Å²) in [7, 11) is 0. The van der Waals surface area contributed by atoms with Gasteiger partial charge in [0, 0.05) is 11.8 Å². The lowest BCUT2D eigenvalue weighted by Gasteiger charge is -2.06. The molecular weight excluding hydrogens is 374 g/mol. The zero-order chi connectivity index (χ0) is 20.6. The smallest absolute Gasteiger partial charge is 0.296 e. The number of imide groups is 1. The molecule has 27 heavy (non-hydrogen) atoms. The summed E-state index contributed by atoms with van der Waals surface area (Å²) in [5.74, 6) is 1.55. The summed E-state index contributed by atoms with van der Waals surface area (Å²) in [6, 6.07) is 0. The van der Waals surface area contributed by atoms with Gasteiger partial charge in [0.15, 0.2) is 11.6 Å². The highest BCUT2D eigenvalue weighted by molar-refractivity contribution is 8.15. The normalized spacial score (nSPS) is 16.1. The fourth-order valence-electron chi connectivity index (χ4n) is 1.71. The van der Waals surface area contributed by atoms with Crippen LogP contribution < -0.4 is 11.1 Å². The highest BCUT2D eigenvalue weighted by Gasteiger charge is 2.33. The number of aromatic amines is 2. The molecule has 3 heterocycles. The van der Waals surface area contributed by atoms with E-state index in [0.29, 0.717) is 11.7 Å². The van der Waals surface area contributed by atoms with E-state index in [4.69, 9.17) is 0 Å². The predicted octanol–water partition coefficient (Wildman–Crippen LogP) is 1.80. The standard InChI is InChI=1S/C6H9NO2S.C5H8N2O2.C4H8N4/c1-3(2)4-5(8)7-6(9)10-4;1-3(2)4-6-5(8)9-7-4;1-3(2)4-5-7-8-6-4/h3-4H,1-2H3,(H,7,8,9);3H,1-2H3,(H,6,7,8);3H,1-2H3,(H,5,6,7,8). The first-order valence-electron chi connectivity index (χ1n) is 8.42. The van der Waals surface area contributed by atoms with Gasteiger partial charge in [0.25, 0.3) is 5.24 Å². The first kappa shape index (κ1) is 22.5. The lowest BCUT2D eigenvalue weighted by atomic mass is 10.1. The Balaban J connectivity index is 0.000000204. The maximum atomic E-state index is 10.9. The molecule has 11 nitrogen and oxygen atoms in total. The third-order valence-corrected chi connectivity index (χ3v) is 4.53. The van der Waals surface area contributed by atoms with Gasteiger partial charge in [-0.15, -0.1) is 10.2 Å². The molecule has 1 fully saturated rings. The number of H-pyrrole nitrogens is 2. The molecule has 150 valence electrons. The van der Waals surface area contributed by atoms with Gasteiger partial charge < -0.3 is 0 Å². The molecule has 2 aromatic rings. The highest BCUT2D eigenvalue weighted by atomic mass is 32.2. The van der Waals surface area contributed by atoms with Crippen molar-refractivity contribution in [1.29, 1.82) is 0 Å². The molecule has 0 aromatic carbocycles. The Morgan fingerprint density at radius 3 is 1.93 bits per heavy atom. The molecular formula is C15H25N7O4S. The van der Waals surface area contributed by atoms with Gasteiger partial charge >= 0.3 is 5.76 Å². The minimum atomic E-state index is -0.487. The third kappa shape index (κ3) is 7.72. The maximum absolute atomic E-state index is 10.9. The minimum Gasteiger partial charge on any atom is -0.296 e. The monoisotopic (exact) mass is 399 g/mol. The van der Waals surface area contributed by atoms with Crippen LogP contribution in [0, 0.1) is 5.92 Å². The summed E-state index contributed by atoms with van der Waals surface area (Å²) in [6.07, 6.45) is 0. The molecule has 2 amide bonds. The lowest BCUT2D eigenvalue weighted by molar-refractivity contribution is -0.119. The van der Waals surface area contributed by atoms with Gasteiger partial charge in [-0.05, 0) is 5.92 Å². The summed E-state index contributed by atoms with van der Waals surface area (Å²) in [5.41, 5.74) is 0. The molecule has 0 bridgehead atoms. The molecule has 12 heteroatoms. The Labute approximate surface area is 160 Å². The van der Waals surface area contributed by atoms with Crippen molar-refractivity contribution in [3.05, 3.63) is 22.2 Å². The number of amides is 2. The van der Waals surface area contributed by atoms with Gasteiger partial charge in [-0.2, -0.15) is 5.21 Å². The summed E-state index contributed by atoms with van der Waals surface area (Å²) in [6.45, 7) is 11.7. The zero-order valence-corrected chi connectivity index (χ0v) is 17.0. The van der Waals surface area contributed by atoms with E-state index in [2.05, 4.69) is 40.6 Å². The fraction of sp³-hybridized carbons (Fsp3) is 0.667. The van der Waals surface area contributed by atoms with Crippen LogP contribution >= 0.6 is 11.8 Å². The van der Waals surface area contributed by atoms with Crippen molar-refractivity contribution in [1.82, 2.24) is 36.1 Å². The highest BCUT2D eigenvalue weighted by Crippen LogP contribution is 2.24. The summed E-state index contributed by atoms with van der Waals surface area (Å²) in [4.78, 5) is 34.2. The number of thioether (sulfide) groups is 1. The predicted molar refractivity (Wildman–Crippen MR) is 99.2 cm³/mol. The Hall–Kier alpha value is -2.50. The molecule has 1 unspecified atom stereocenters. The molecule has 1 aliphatic heterocycles. The topological polar surface area (TPSA) is 160 Å². The number of carbonyl (C=O) groups excluding carboxylic acids is 2. The van der Waals surface area contributed by atoms with Gasteiger partial charge in [0.05, 0.1) is 5.25 Å². The number of hydrogen-bond acceptors (Lipinski definition) is 9. The van der Waals surface area contributed by atoms with Crippen molar-refractivity contribution in [2.24, 2.45) is 5.92 Å². The number of nitrogens with zero attached hydrogens (tertiary/aromatic N) is 4. The van der Waals surface area contributed by atoms with E-state index in [1.165, 1.54) is 0 Å². The Kier molecular flexibility index (Phi) is 8.85. The van der Waals surface area contributed by atoms with Crippen LogP contribution in [0.15, 0.2) is 9.32 Å². The quantitative estimate of drug-likeness (QED) is 0.699. The first-order chi connectivity index (χ1) is 12.6.